The molecule has 0 heterocycles. The fourth-order valence-electron chi connectivity index (χ4n) is 4.55. The van der Waals surface area contributed by atoms with E-state index in [1.54, 1.807) is 5.32 Å². The van der Waals surface area contributed by atoms with Gasteiger partial charge in [0.15, 0.2) is 23.0 Å². The fraction of sp³-hybridized carbons (Fsp3) is 0.219. The Labute approximate surface area is 279 Å². The van der Waals surface area contributed by atoms with Crippen molar-refractivity contribution in [1.82, 2.24) is 0 Å². The molecule has 1 amide bonds. The van der Waals surface area contributed by atoms with Gasteiger partial charge in [-0.15, -0.1) is 0 Å². The molecule has 49 heavy (non-hydrogen) atoms. The Hall–Kier alpha value is -5.03. The smallest absolute Gasteiger partial charge is 0.471 e. The van der Waals surface area contributed by atoms with Crippen LogP contribution in [-0.4, -0.2) is 55.7 Å². The summed E-state index contributed by atoms with van der Waals surface area (Å²) in [5.74, 6) is -4.69. The van der Waals surface area contributed by atoms with Gasteiger partial charge in [0.05, 0.1) is 32.3 Å². The van der Waals surface area contributed by atoms with Crippen molar-refractivity contribution in [3.05, 3.63) is 83.7 Å². The van der Waals surface area contributed by atoms with Crippen molar-refractivity contribution >= 4 is 31.8 Å². The summed E-state index contributed by atoms with van der Waals surface area (Å²) < 4.78 is 130. The predicted octanol–water partition coefficient (Wildman–Crippen LogP) is 6.24. The number of hydrogen-bond donors (Lipinski definition) is 1. The predicted molar refractivity (Wildman–Crippen MR) is 172 cm³/mol. The zero-order chi connectivity index (χ0) is 36.3. The third kappa shape index (κ3) is 9.32. The second-order valence-corrected chi connectivity index (χ2v) is 13.7. The van der Waals surface area contributed by atoms with Crippen molar-refractivity contribution in [2.75, 3.05) is 32.0 Å². The zero-order valence-electron chi connectivity index (χ0n) is 26.5. The first-order chi connectivity index (χ1) is 22.8. The maximum absolute atomic E-state index is 15.4. The first-order valence-electron chi connectivity index (χ1n) is 13.9. The number of alkyl halides is 3. The Bertz CT molecular complexity index is 2100. The van der Waals surface area contributed by atoms with Gasteiger partial charge < -0.3 is 27.9 Å². The first kappa shape index (κ1) is 36.8. The molecule has 0 atom stereocenters. The Morgan fingerprint density at radius 2 is 1.41 bits per heavy atom. The van der Waals surface area contributed by atoms with Gasteiger partial charge in [-0.1, -0.05) is 35.9 Å². The standard InChI is InChI=1S/C32H29F4NO10S2/c1-18-6-8-19(9-7-18)17-45-25-13-10-20(14-26(25)46-48(4,39)40)28-27(43-2)16-23(29(44-3)30(28)47-49(5,41)42)22-12-11-21(15-24(22)33)37-31(38)32(34,35)36/h6-16H,17H2,1-5H3,(H,37,38). The Kier molecular flexibility index (Phi) is 10.7. The first-order valence-corrected chi connectivity index (χ1v) is 17.5. The van der Waals surface area contributed by atoms with Crippen LogP contribution in [0.4, 0.5) is 23.2 Å². The van der Waals surface area contributed by atoms with Gasteiger partial charge in [0.2, 0.25) is 0 Å². The molecule has 0 spiro atoms. The molecule has 0 fully saturated rings. The average Bonchev–Trinajstić information content (AvgIpc) is 2.99. The molecule has 0 radical (unpaired) electrons. The van der Waals surface area contributed by atoms with Crippen molar-refractivity contribution in [3.8, 4) is 51.0 Å². The fourth-order valence-corrected chi connectivity index (χ4v) is 5.47. The number of aryl methyl sites for hydroxylation is 1. The third-order valence-corrected chi connectivity index (χ3v) is 7.57. The molecule has 11 nitrogen and oxygen atoms in total. The number of nitrogens with one attached hydrogen (secondary N) is 1. The van der Waals surface area contributed by atoms with Crippen LogP contribution < -0.4 is 27.9 Å². The van der Waals surface area contributed by atoms with Crippen LogP contribution in [0.15, 0.2) is 66.7 Å². The van der Waals surface area contributed by atoms with E-state index in [4.69, 9.17) is 22.6 Å². The van der Waals surface area contributed by atoms with Gasteiger partial charge in [0.1, 0.15) is 18.2 Å². The van der Waals surface area contributed by atoms with Crippen molar-refractivity contribution in [2.45, 2.75) is 19.7 Å². The number of carbonyl (C=O) groups excluding carboxylic acids is 1. The summed E-state index contributed by atoms with van der Waals surface area (Å²) in [4.78, 5) is 11.3. The van der Waals surface area contributed by atoms with Crippen molar-refractivity contribution in [2.24, 2.45) is 0 Å². The van der Waals surface area contributed by atoms with Crippen LogP contribution in [-0.2, 0) is 31.6 Å². The highest BCUT2D eigenvalue weighted by Gasteiger charge is 2.39. The number of ether oxygens (including phenoxy) is 3. The molecule has 0 aliphatic heterocycles. The monoisotopic (exact) mass is 727 g/mol. The molecule has 4 rings (SSSR count). The number of anilines is 1. The number of carbonyl (C=O) groups is 1. The molecule has 0 aliphatic rings. The van der Waals surface area contributed by atoms with E-state index in [1.165, 1.54) is 31.4 Å². The number of amides is 1. The summed E-state index contributed by atoms with van der Waals surface area (Å²) in [6.07, 6.45) is -3.68. The summed E-state index contributed by atoms with van der Waals surface area (Å²) in [7, 11) is -6.12. The quantitative estimate of drug-likeness (QED) is 0.132. The maximum Gasteiger partial charge on any atom is 0.471 e. The summed E-state index contributed by atoms with van der Waals surface area (Å²) in [5.41, 5.74) is 0.824. The number of hydrogen-bond acceptors (Lipinski definition) is 10. The van der Waals surface area contributed by atoms with Gasteiger partial charge in [-0.3, -0.25) is 4.79 Å². The van der Waals surface area contributed by atoms with E-state index in [2.05, 4.69) is 0 Å². The van der Waals surface area contributed by atoms with E-state index in [1.807, 2.05) is 31.2 Å². The maximum atomic E-state index is 15.4. The number of benzene rings is 4. The molecule has 0 aliphatic carbocycles. The van der Waals surface area contributed by atoms with Gasteiger partial charge in [-0.05, 0) is 54.4 Å². The lowest BCUT2D eigenvalue weighted by molar-refractivity contribution is -0.167. The van der Waals surface area contributed by atoms with Crippen molar-refractivity contribution < 1.29 is 61.8 Å². The Morgan fingerprint density at radius 1 is 0.755 bits per heavy atom. The lowest BCUT2D eigenvalue weighted by atomic mass is 9.95. The highest BCUT2D eigenvalue weighted by Crippen LogP contribution is 2.52. The number of halogens is 4. The third-order valence-electron chi connectivity index (χ3n) is 6.62. The van der Waals surface area contributed by atoms with Crippen LogP contribution in [0.3, 0.4) is 0 Å². The van der Waals surface area contributed by atoms with E-state index in [0.717, 1.165) is 42.9 Å². The molecule has 0 unspecified atom stereocenters. The molecule has 262 valence electrons. The minimum atomic E-state index is -5.23. The topological polar surface area (TPSA) is 144 Å². The number of methoxy groups -OCH3 is 2. The Balaban J connectivity index is 1.90. The van der Waals surface area contributed by atoms with Gasteiger partial charge in [0.25, 0.3) is 0 Å². The molecular formula is C32H29F4NO10S2. The SMILES string of the molecule is COc1cc(-c2ccc(NC(=O)C(F)(F)F)cc2F)c(OC)c(OS(C)(=O)=O)c1-c1ccc(OCc2ccc(C)cc2)c(OS(C)(=O)=O)c1. The molecule has 0 bridgehead atoms. The van der Waals surface area contributed by atoms with Crippen LogP contribution in [0.25, 0.3) is 22.3 Å². The van der Waals surface area contributed by atoms with Crippen LogP contribution in [0.1, 0.15) is 11.1 Å². The summed E-state index contributed by atoms with van der Waals surface area (Å²) in [6, 6.07) is 15.3. The molecule has 0 saturated heterocycles. The van der Waals surface area contributed by atoms with Gasteiger partial charge in [-0.25, -0.2) is 4.39 Å². The summed E-state index contributed by atoms with van der Waals surface area (Å²) in [5, 5.41) is 1.54. The molecule has 4 aromatic rings. The molecule has 17 heteroatoms. The lowest BCUT2D eigenvalue weighted by Crippen LogP contribution is -2.29. The van der Waals surface area contributed by atoms with Crippen LogP contribution >= 0.6 is 0 Å². The molecule has 0 saturated carbocycles. The van der Waals surface area contributed by atoms with E-state index >= 15 is 4.39 Å². The van der Waals surface area contributed by atoms with Gasteiger partial charge in [0, 0.05) is 16.8 Å². The lowest BCUT2D eigenvalue weighted by Gasteiger charge is -2.21. The van der Waals surface area contributed by atoms with E-state index in [-0.39, 0.29) is 51.9 Å². The molecule has 0 aromatic heterocycles. The summed E-state index contributed by atoms with van der Waals surface area (Å²) >= 11 is 0. The largest absolute Gasteiger partial charge is 0.496 e. The van der Waals surface area contributed by atoms with Crippen LogP contribution in [0, 0.1) is 12.7 Å². The zero-order valence-corrected chi connectivity index (χ0v) is 28.1. The van der Waals surface area contributed by atoms with Gasteiger partial charge >= 0.3 is 32.3 Å². The summed E-state index contributed by atoms with van der Waals surface area (Å²) in [6.45, 7) is 1.95. The van der Waals surface area contributed by atoms with Crippen molar-refractivity contribution in [1.29, 1.82) is 0 Å². The highest BCUT2D eigenvalue weighted by molar-refractivity contribution is 7.86. The number of rotatable bonds is 12. The van der Waals surface area contributed by atoms with E-state index in [9.17, 15) is 34.8 Å². The molecular weight excluding hydrogens is 698 g/mol. The highest BCUT2D eigenvalue weighted by atomic mass is 32.2. The minimum absolute atomic E-state index is 0.0164. The van der Waals surface area contributed by atoms with E-state index in [0.29, 0.717) is 6.07 Å². The van der Waals surface area contributed by atoms with E-state index < -0.39 is 49.6 Å². The normalized spacial score (nSPS) is 11.9. The second kappa shape index (κ2) is 14.2. The second-order valence-electron chi connectivity index (χ2n) is 10.5. The molecule has 4 aromatic carbocycles. The van der Waals surface area contributed by atoms with Crippen LogP contribution in [0.5, 0.6) is 28.7 Å². The van der Waals surface area contributed by atoms with Gasteiger partial charge in [-0.2, -0.15) is 30.0 Å². The van der Waals surface area contributed by atoms with Crippen LogP contribution in [0.2, 0.25) is 0 Å². The minimum Gasteiger partial charge on any atom is -0.496 e. The molecule has 1 N–H and O–H groups in total. The van der Waals surface area contributed by atoms with Crippen molar-refractivity contribution in [3.63, 3.8) is 0 Å². The average molecular weight is 728 g/mol. The Morgan fingerprint density at radius 3 is 1.96 bits per heavy atom.